The maximum absolute atomic E-state index is 12.4. The molecule has 1 amide bonds. The molecule has 1 unspecified atom stereocenters. The van der Waals surface area contributed by atoms with E-state index in [4.69, 9.17) is 9.47 Å². The number of nitrogens with one attached hydrogen (secondary N) is 1. The number of ether oxygens (including phenoxy) is 2. The van der Waals surface area contributed by atoms with Crippen LogP contribution in [-0.4, -0.2) is 28.4 Å². The van der Waals surface area contributed by atoms with Crippen LogP contribution in [0.4, 0.5) is 0 Å². The van der Waals surface area contributed by atoms with Gasteiger partial charge in [0.2, 0.25) is 12.7 Å². The Bertz CT molecular complexity index is 1080. The van der Waals surface area contributed by atoms with Crippen LogP contribution < -0.4 is 14.8 Å². The van der Waals surface area contributed by atoms with E-state index >= 15 is 0 Å². The summed E-state index contributed by atoms with van der Waals surface area (Å²) in [6.07, 6.45) is 5.01. The summed E-state index contributed by atoms with van der Waals surface area (Å²) in [6, 6.07) is 5.71. The van der Waals surface area contributed by atoms with Crippen LogP contribution in [0.25, 0.3) is 10.2 Å². The molecule has 0 saturated heterocycles. The molecule has 1 atom stereocenters. The number of aromatic nitrogens is 2. The molecule has 150 valence electrons. The average molecular weight is 428 g/mol. The minimum atomic E-state index is -0.0165. The van der Waals surface area contributed by atoms with Gasteiger partial charge in [-0.25, -0.2) is 9.97 Å². The molecule has 8 heteroatoms. The number of nitrogens with zero attached hydrogens (tertiary/aromatic N) is 2. The summed E-state index contributed by atoms with van der Waals surface area (Å²) in [5, 5.41) is 5.05. The molecule has 0 spiro atoms. The van der Waals surface area contributed by atoms with Crippen LogP contribution in [0.3, 0.4) is 0 Å². The van der Waals surface area contributed by atoms with Crippen molar-refractivity contribution in [3.63, 3.8) is 0 Å². The Morgan fingerprint density at radius 1 is 1.31 bits per heavy atom. The van der Waals surface area contributed by atoms with Gasteiger partial charge in [0.15, 0.2) is 11.5 Å². The lowest BCUT2D eigenvalue weighted by Gasteiger charge is -2.18. The minimum absolute atomic E-state index is 0.0165. The first kappa shape index (κ1) is 18.7. The van der Waals surface area contributed by atoms with E-state index in [1.54, 1.807) is 17.7 Å². The van der Waals surface area contributed by atoms with E-state index < -0.39 is 0 Å². The van der Waals surface area contributed by atoms with Crippen LogP contribution in [0.15, 0.2) is 29.6 Å². The highest BCUT2D eigenvalue weighted by Crippen LogP contribution is 2.40. The number of fused-ring (bicyclic) bond motifs is 4. The molecule has 1 aliphatic carbocycles. The van der Waals surface area contributed by atoms with Crippen molar-refractivity contribution >= 4 is 39.2 Å². The highest BCUT2D eigenvalue weighted by Gasteiger charge is 2.23. The van der Waals surface area contributed by atoms with E-state index in [0.29, 0.717) is 12.3 Å². The van der Waals surface area contributed by atoms with Gasteiger partial charge in [-0.15, -0.1) is 11.3 Å². The molecule has 1 aromatic carbocycles. The molecule has 1 aliphatic heterocycles. The third kappa shape index (κ3) is 3.79. The topological polar surface area (TPSA) is 73.3 Å². The highest BCUT2D eigenvalue weighted by molar-refractivity contribution is 8.00. The zero-order valence-electron chi connectivity index (χ0n) is 16.1. The molecule has 1 N–H and O–H groups in total. The monoisotopic (exact) mass is 427 g/mol. The lowest BCUT2D eigenvalue weighted by atomic mass is 9.89. The summed E-state index contributed by atoms with van der Waals surface area (Å²) in [7, 11) is 0. The maximum Gasteiger partial charge on any atom is 0.231 e. The van der Waals surface area contributed by atoms with Gasteiger partial charge in [0.25, 0.3) is 0 Å². The van der Waals surface area contributed by atoms with E-state index in [0.717, 1.165) is 51.1 Å². The zero-order valence-corrected chi connectivity index (χ0v) is 17.7. The van der Waals surface area contributed by atoms with E-state index in [1.807, 2.05) is 18.2 Å². The molecule has 3 heterocycles. The Morgan fingerprint density at radius 3 is 3.14 bits per heavy atom. The molecule has 6 nitrogen and oxygen atoms in total. The SMILES string of the molecule is CC1CCc2c(sc3ncnc(SCC(=O)NCc4ccc5c(c4)OCO5)c23)C1. The fourth-order valence-corrected chi connectivity index (χ4v) is 6.06. The van der Waals surface area contributed by atoms with Crippen molar-refractivity contribution in [1.82, 2.24) is 15.3 Å². The van der Waals surface area contributed by atoms with E-state index in [1.165, 1.54) is 28.6 Å². The number of hydrogen-bond acceptors (Lipinski definition) is 7. The Morgan fingerprint density at radius 2 is 2.21 bits per heavy atom. The molecule has 0 saturated carbocycles. The molecule has 3 aromatic rings. The summed E-state index contributed by atoms with van der Waals surface area (Å²) < 4.78 is 10.7. The second-order valence-electron chi connectivity index (χ2n) is 7.46. The normalized spacial score (nSPS) is 17.3. The van der Waals surface area contributed by atoms with Crippen molar-refractivity contribution in [2.75, 3.05) is 12.5 Å². The standard InChI is InChI=1S/C21H21N3O3S2/c1-12-2-4-14-17(6-12)29-21-19(14)20(23-10-24-21)28-9-18(25)22-8-13-3-5-15-16(7-13)27-11-26-15/h3,5,7,10,12H,2,4,6,8-9,11H2,1H3,(H,22,25). The van der Waals surface area contributed by atoms with Gasteiger partial charge in [0.05, 0.1) is 5.75 Å². The summed E-state index contributed by atoms with van der Waals surface area (Å²) >= 11 is 3.27. The van der Waals surface area contributed by atoms with E-state index in [-0.39, 0.29) is 12.7 Å². The Balaban J connectivity index is 1.24. The molecule has 2 aliphatic rings. The fraction of sp³-hybridized carbons (Fsp3) is 0.381. The van der Waals surface area contributed by atoms with Crippen LogP contribution in [0, 0.1) is 5.92 Å². The lowest BCUT2D eigenvalue weighted by molar-refractivity contribution is -0.118. The number of rotatable bonds is 5. The van der Waals surface area contributed by atoms with Gasteiger partial charge in [-0.3, -0.25) is 4.79 Å². The predicted molar refractivity (Wildman–Crippen MR) is 114 cm³/mol. The van der Waals surface area contributed by atoms with Crippen LogP contribution in [0.5, 0.6) is 11.5 Å². The molecule has 0 bridgehead atoms. The summed E-state index contributed by atoms with van der Waals surface area (Å²) in [6.45, 7) is 3.01. The number of thiophene rings is 1. The number of carbonyl (C=O) groups is 1. The number of hydrogen-bond donors (Lipinski definition) is 1. The minimum Gasteiger partial charge on any atom is -0.454 e. The zero-order chi connectivity index (χ0) is 19.8. The van der Waals surface area contributed by atoms with Crippen molar-refractivity contribution < 1.29 is 14.3 Å². The first-order valence-corrected chi connectivity index (χ1v) is 11.5. The second kappa shape index (κ2) is 7.84. The van der Waals surface area contributed by atoms with Crippen molar-refractivity contribution in [1.29, 1.82) is 0 Å². The molecule has 0 radical (unpaired) electrons. The molecule has 0 fully saturated rings. The quantitative estimate of drug-likeness (QED) is 0.491. The van der Waals surface area contributed by atoms with Crippen LogP contribution >= 0.6 is 23.1 Å². The number of thioether (sulfide) groups is 1. The Kier molecular flexibility index (Phi) is 5.05. The summed E-state index contributed by atoms with van der Waals surface area (Å²) in [4.78, 5) is 23.8. The molecule has 5 rings (SSSR count). The first-order chi connectivity index (χ1) is 14.2. The van der Waals surface area contributed by atoms with Gasteiger partial charge in [-0.1, -0.05) is 24.8 Å². The first-order valence-electron chi connectivity index (χ1n) is 9.70. The van der Waals surface area contributed by atoms with E-state index in [2.05, 4.69) is 22.2 Å². The van der Waals surface area contributed by atoms with Crippen LogP contribution in [-0.2, 0) is 24.2 Å². The second-order valence-corrected chi connectivity index (χ2v) is 9.51. The third-order valence-electron chi connectivity index (χ3n) is 5.32. The predicted octanol–water partition coefficient (Wildman–Crippen LogP) is 3.95. The van der Waals surface area contributed by atoms with Crippen molar-refractivity contribution in [3.05, 3.63) is 40.5 Å². The van der Waals surface area contributed by atoms with Gasteiger partial charge in [-0.2, -0.15) is 0 Å². The Labute approximate surface area is 177 Å². The third-order valence-corrected chi connectivity index (χ3v) is 7.48. The lowest BCUT2D eigenvalue weighted by Crippen LogP contribution is -2.24. The largest absolute Gasteiger partial charge is 0.454 e. The molecular weight excluding hydrogens is 406 g/mol. The highest BCUT2D eigenvalue weighted by atomic mass is 32.2. The van der Waals surface area contributed by atoms with Gasteiger partial charge >= 0.3 is 0 Å². The Hall–Kier alpha value is -2.32. The molecular formula is C21H21N3O3S2. The molecule has 29 heavy (non-hydrogen) atoms. The van der Waals surface area contributed by atoms with Gasteiger partial charge in [0.1, 0.15) is 16.2 Å². The summed E-state index contributed by atoms with van der Waals surface area (Å²) in [5.41, 5.74) is 2.38. The van der Waals surface area contributed by atoms with Crippen molar-refractivity contribution in [2.45, 2.75) is 37.8 Å². The fourth-order valence-electron chi connectivity index (χ4n) is 3.79. The van der Waals surface area contributed by atoms with Gasteiger partial charge < -0.3 is 14.8 Å². The smallest absolute Gasteiger partial charge is 0.231 e. The van der Waals surface area contributed by atoms with Crippen molar-refractivity contribution in [2.24, 2.45) is 5.92 Å². The number of amides is 1. The van der Waals surface area contributed by atoms with Crippen LogP contribution in [0.1, 0.15) is 29.3 Å². The molecule has 2 aromatic heterocycles. The number of benzene rings is 1. The maximum atomic E-state index is 12.4. The van der Waals surface area contributed by atoms with Crippen molar-refractivity contribution in [3.8, 4) is 11.5 Å². The van der Waals surface area contributed by atoms with Gasteiger partial charge in [-0.05, 0) is 48.4 Å². The number of carbonyl (C=O) groups excluding carboxylic acids is 1. The van der Waals surface area contributed by atoms with E-state index in [9.17, 15) is 4.79 Å². The average Bonchev–Trinajstić information content (AvgIpc) is 3.34. The van der Waals surface area contributed by atoms with Gasteiger partial charge in [0, 0.05) is 16.8 Å². The van der Waals surface area contributed by atoms with Crippen LogP contribution in [0.2, 0.25) is 0 Å². The summed E-state index contributed by atoms with van der Waals surface area (Å²) in [5.74, 6) is 2.51. The number of aryl methyl sites for hydroxylation is 1.